The predicted molar refractivity (Wildman–Crippen MR) is 83.7 cm³/mol. The Morgan fingerprint density at radius 1 is 1.05 bits per heavy atom. The van der Waals surface area contributed by atoms with E-state index in [9.17, 15) is 9.59 Å². The van der Waals surface area contributed by atoms with Crippen molar-refractivity contribution in [2.24, 2.45) is 0 Å². The van der Waals surface area contributed by atoms with Gasteiger partial charge in [0, 0.05) is 18.3 Å². The summed E-state index contributed by atoms with van der Waals surface area (Å²) in [6.07, 6.45) is 5.59. The monoisotopic (exact) mass is 286 g/mol. The highest BCUT2D eigenvalue weighted by atomic mass is 16.2. The molecular weight excluding hydrogens is 264 g/mol. The second kappa shape index (κ2) is 7.07. The van der Waals surface area contributed by atoms with Gasteiger partial charge in [-0.1, -0.05) is 43.9 Å². The molecule has 0 atom stereocenters. The number of benzene rings is 1. The zero-order valence-electron chi connectivity index (χ0n) is 12.7. The molecule has 1 aliphatic rings. The minimum Gasteiger partial charge on any atom is -0.351 e. The van der Waals surface area contributed by atoms with Gasteiger partial charge in [-0.3, -0.25) is 14.5 Å². The molecule has 1 heterocycles. The maximum Gasteiger partial charge on any atom is 0.277 e. The lowest BCUT2D eigenvalue weighted by Gasteiger charge is -2.15. The summed E-state index contributed by atoms with van der Waals surface area (Å²) in [7, 11) is 0. The summed E-state index contributed by atoms with van der Waals surface area (Å²) in [5.74, 6) is -0.441. The van der Waals surface area contributed by atoms with Crippen molar-refractivity contribution in [3.63, 3.8) is 0 Å². The number of unbranched alkanes of at least 4 members (excludes halogenated alkanes) is 3. The number of imide groups is 1. The van der Waals surface area contributed by atoms with Gasteiger partial charge in [0.2, 0.25) is 0 Å². The summed E-state index contributed by atoms with van der Waals surface area (Å²) in [6.45, 7) is 4.65. The molecule has 0 fully saturated rings. The minimum atomic E-state index is -0.225. The number of carbonyl (C=O) groups excluding carboxylic acids is 2. The van der Waals surface area contributed by atoms with Crippen molar-refractivity contribution < 1.29 is 9.59 Å². The van der Waals surface area contributed by atoms with Crippen LogP contribution in [-0.4, -0.2) is 23.3 Å². The molecule has 1 aromatic carbocycles. The molecule has 112 valence electrons. The predicted octanol–water partition coefficient (Wildman–Crippen LogP) is 3.24. The van der Waals surface area contributed by atoms with Crippen LogP contribution >= 0.6 is 0 Å². The van der Waals surface area contributed by atoms with Crippen molar-refractivity contribution in [2.75, 3.05) is 11.9 Å². The number of carbonyl (C=O) groups is 2. The van der Waals surface area contributed by atoms with Gasteiger partial charge in [0.05, 0.1) is 0 Å². The van der Waals surface area contributed by atoms with Gasteiger partial charge in [-0.25, -0.2) is 0 Å². The smallest absolute Gasteiger partial charge is 0.277 e. The summed E-state index contributed by atoms with van der Waals surface area (Å²) < 4.78 is 0. The van der Waals surface area contributed by atoms with Gasteiger partial charge in [-0.05, 0) is 25.5 Å². The van der Waals surface area contributed by atoms with Crippen LogP contribution in [0, 0.1) is 6.92 Å². The SMILES string of the molecule is CCCCCCN1C(=O)C=C(Nc2ccc(C)cc2)C1=O. The summed E-state index contributed by atoms with van der Waals surface area (Å²) in [5, 5.41) is 3.03. The Morgan fingerprint density at radius 2 is 1.76 bits per heavy atom. The lowest BCUT2D eigenvalue weighted by molar-refractivity contribution is -0.137. The lowest BCUT2D eigenvalue weighted by atomic mass is 10.2. The van der Waals surface area contributed by atoms with Crippen LogP contribution in [0.4, 0.5) is 5.69 Å². The molecule has 0 bridgehead atoms. The Balaban J connectivity index is 1.93. The molecule has 0 spiro atoms. The first-order chi connectivity index (χ1) is 10.1. The normalized spacial score (nSPS) is 14.6. The van der Waals surface area contributed by atoms with Crippen LogP contribution in [0.2, 0.25) is 0 Å². The molecule has 1 N–H and O–H groups in total. The fourth-order valence-electron chi connectivity index (χ4n) is 2.30. The Labute approximate surface area is 125 Å². The maximum atomic E-state index is 12.2. The Bertz CT molecular complexity index is 546. The van der Waals surface area contributed by atoms with Crippen molar-refractivity contribution in [1.82, 2.24) is 4.90 Å². The van der Waals surface area contributed by atoms with E-state index in [4.69, 9.17) is 0 Å². The number of anilines is 1. The zero-order chi connectivity index (χ0) is 15.2. The van der Waals surface area contributed by atoms with Gasteiger partial charge in [-0.15, -0.1) is 0 Å². The second-order valence-electron chi connectivity index (χ2n) is 5.40. The minimum absolute atomic E-state index is 0.217. The van der Waals surface area contributed by atoms with Crippen molar-refractivity contribution in [1.29, 1.82) is 0 Å². The number of nitrogens with one attached hydrogen (secondary N) is 1. The molecule has 0 radical (unpaired) electrons. The van der Waals surface area contributed by atoms with Gasteiger partial charge in [0.15, 0.2) is 0 Å². The van der Waals surface area contributed by atoms with E-state index in [0.717, 1.165) is 36.9 Å². The van der Waals surface area contributed by atoms with Gasteiger partial charge >= 0.3 is 0 Å². The topological polar surface area (TPSA) is 49.4 Å². The van der Waals surface area contributed by atoms with E-state index in [2.05, 4.69) is 12.2 Å². The molecule has 0 saturated carbocycles. The van der Waals surface area contributed by atoms with E-state index in [-0.39, 0.29) is 11.8 Å². The van der Waals surface area contributed by atoms with E-state index in [1.807, 2.05) is 31.2 Å². The zero-order valence-corrected chi connectivity index (χ0v) is 12.7. The molecule has 1 aliphatic heterocycles. The third-order valence-electron chi connectivity index (χ3n) is 3.58. The first-order valence-electron chi connectivity index (χ1n) is 7.53. The molecule has 2 rings (SSSR count). The van der Waals surface area contributed by atoms with Crippen LogP contribution in [0.25, 0.3) is 0 Å². The summed E-state index contributed by atoms with van der Waals surface area (Å²) in [4.78, 5) is 25.4. The van der Waals surface area contributed by atoms with Crippen molar-refractivity contribution in [3.8, 4) is 0 Å². The van der Waals surface area contributed by atoms with Crippen molar-refractivity contribution in [3.05, 3.63) is 41.6 Å². The Hall–Kier alpha value is -2.10. The van der Waals surface area contributed by atoms with E-state index >= 15 is 0 Å². The fraction of sp³-hybridized carbons (Fsp3) is 0.412. The van der Waals surface area contributed by atoms with E-state index in [1.54, 1.807) is 0 Å². The highest BCUT2D eigenvalue weighted by Gasteiger charge is 2.30. The molecular formula is C17H22N2O2. The molecule has 21 heavy (non-hydrogen) atoms. The highest BCUT2D eigenvalue weighted by molar-refractivity contribution is 6.17. The average Bonchev–Trinajstić information content (AvgIpc) is 2.73. The van der Waals surface area contributed by atoms with Gasteiger partial charge in [0.1, 0.15) is 5.70 Å². The van der Waals surface area contributed by atoms with Crippen molar-refractivity contribution in [2.45, 2.75) is 39.5 Å². The van der Waals surface area contributed by atoms with Crippen LogP contribution in [0.3, 0.4) is 0 Å². The molecule has 0 saturated heterocycles. The molecule has 4 nitrogen and oxygen atoms in total. The number of aryl methyl sites for hydroxylation is 1. The summed E-state index contributed by atoms with van der Waals surface area (Å²) in [6, 6.07) is 7.73. The summed E-state index contributed by atoms with van der Waals surface area (Å²) >= 11 is 0. The highest BCUT2D eigenvalue weighted by Crippen LogP contribution is 2.18. The molecule has 2 amide bonds. The average molecular weight is 286 g/mol. The number of hydrogen-bond acceptors (Lipinski definition) is 3. The molecule has 0 aliphatic carbocycles. The standard InChI is InChI=1S/C17H22N2O2/c1-3-4-5-6-11-19-16(20)12-15(17(19)21)18-14-9-7-13(2)8-10-14/h7-10,12,18H,3-6,11H2,1-2H3. The molecule has 0 unspecified atom stereocenters. The van der Waals surface area contributed by atoms with Gasteiger partial charge in [-0.2, -0.15) is 0 Å². The van der Waals surface area contributed by atoms with Crippen molar-refractivity contribution >= 4 is 17.5 Å². The lowest BCUT2D eigenvalue weighted by Crippen LogP contribution is -2.33. The number of rotatable bonds is 7. The van der Waals surface area contributed by atoms with Crippen LogP contribution in [0.5, 0.6) is 0 Å². The largest absolute Gasteiger partial charge is 0.351 e. The molecule has 0 aromatic heterocycles. The number of hydrogen-bond donors (Lipinski definition) is 1. The van der Waals surface area contributed by atoms with E-state index in [1.165, 1.54) is 11.0 Å². The fourth-order valence-corrected chi connectivity index (χ4v) is 2.30. The maximum absolute atomic E-state index is 12.2. The van der Waals surface area contributed by atoms with Crippen LogP contribution < -0.4 is 5.32 Å². The quantitative estimate of drug-likeness (QED) is 0.618. The third-order valence-corrected chi connectivity index (χ3v) is 3.58. The van der Waals surface area contributed by atoms with Crippen LogP contribution in [0.1, 0.15) is 38.2 Å². The van der Waals surface area contributed by atoms with E-state index in [0.29, 0.717) is 12.2 Å². The van der Waals surface area contributed by atoms with Gasteiger partial charge in [0.25, 0.3) is 11.8 Å². The summed E-state index contributed by atoms with van der Waals surface area (Å²) in [5.41, 5.74) is 2.33. The first kappa shape index (κ1) is 15.3. The Kier molecular flexibility index (Phi) is 5.14. The number of nitrogens with zero attached hydrogens (tertiary/aromatic N) is 1. The van der Waals surface area contributed by atoms with E-state index < -0.39 is 0 Å². The third kappa shape index (κ3) is 3.94. The van der Waals surface area contributed by atoms with Gasteiger partial charge < -0.3 is 5.32 Å². The molecule has 1 aromatic rings. The van der Waals surface area contributed by atoms with Crippen LogP contribution in [-0.2, 0) is 9.59 Å². The Morgan fingerprint density at radius 3 is 2.43 bits per heavy atom. The second-order valence-corrected chi connectivity index (χ2v) is 5.40. The van der Waals surface area contributed by atoms with Crippen LogP contribution in [0.15, 0.2) is 36.0 Å². The molecule has 4 heteroatoms. The first-order valence-corrected chi connectivity index (χ1v) is 7.53. The number of amides is 2.